The van der Waals surface area contributed by atoms with Crippen LogP contribution >= 0.6 is 12.2 Å². The third-order valence-electron chi connectivity index (χ3n) is 2.36. The van der Waals surface area contributed by atoms with Crippen molar-refractivity contribution in [3.8, 4) is 0 Å². The highest BCUT2D eigenvalue weighted by Crippen LogP contribution is 2.03. The molecule has 1 rings (SSSR count). The van der Waals surface area contributed by atoms with Gasteiger partial charge in [-0.05, 0) is 30.8 Å². The minimum absolute atomic E-state index is 0.778. The first-order valence-corrected chi connectivity index (χ1v) is 6.05. The molecule has 0 fully saturated rings. The van der Waals surface area contributed by atoms with Crippen LogP contribution in [0.5, 0.6) is 0 Å². The number of unbranched alkanes of at least 4 members (excludes halogenated alkanes) is 1. The minimum atomic E-state index is 0.778. The molecule has 0 aliphatic rings. The van der Waals surface area contributed by atoms with Gasteiger partial charge in [-0.25, -0.2) is 0 Å². The molecule has 0 aliphatic carbocycles. The third kappa shape index (κ3) is 4.14. The minimum Gasteiger partial charge on any atom is -0.366 e. The van der Waals surface area contributed by atoms with Gasteiger partial charge in [-0.1, -0.05) is 19.4 Å². The Hall–Kier alpha value is -1.16. The predicted molar refractivity (Wildman–Crippen MR) is 71.2 cm³/mol. The molecule has 0 unspecified atom stereocenters. The van der Waals surface area contributed by atoms with E-state index in [0.717, 1.165) is 30.3 Å². The number of thiocarbonyl (C=S) groups is 1. The van der Waals surface area contributed by atoms with Gasteiger partial charge in [0.1, 0.15) is 0 Å². The maximum absolute atomic E-state index is 5.28. The number of hydrogen-bond donors (Lipinski definition) is 1. The highest BCUT2D eigenvalue weighted by Gasteiger charge is 2.08. The number of nitrogens with one attached hydrogen (secondary N) is 1. The molecule has 88 valence electrons. The standard InChI is InChI=1S/C12H19N3S/c1-3-4-9-15(12(16)13-2)10-11-7-5-6-8-14-11/h5-8H,3-4,9-10H2,1-2H3,(H,13,16). The molecule has 0 amide bonds. The van der Waals surface area contributed by atoms with Crippen LogP contribution in [0.3, 0.4) is 0 Å². The van der Waals surface area contributed by atoms with Gasteiger partial charge < -0.3 is 10.2 Å². The number of hydrogen-bond acceptors (Lipinski definition) is 2. The van der Waals surface area contributed by atoms with Gasteiger partial charge in [0.2, 0.25) is 0 Å². The zero-order valence-corrected chi connectivity index (χ0v) is 10.8. The van der Waals surface area contributed by atoms with Crippen molar-refractivity contribution in [2.24, 2.45) is 0 Å². The first-order chi connectivity index (χ1) is 7.77. The van der Waals surface area contributed by atoms with Gasteiger partial charge in [-0.3, -0.25) is 4.98 Å². The highest BCUT2D eigenvalue weighted by atomic mass is 32.1. The third-order valence-corrected chi connectivity index (χ3v) is 2.82. The van der Waals surface area contributed by atoms with Crippen LogP contribution in [0.15, 0.2) is 24.4 Å². The number of nitrogens with zero attached hydrogens (tertiary/aromatic N) is 2. The molecule has 0 atom stereocenters. The summed E-state index contributed by atoms with van der Waals surface area (Å²) in [4.78, 5) is 6.47. The van der Waals surface area contributed by atoms with Crippen molar-refractivity contribution in [1.82, 2.24) is 15.2 Å². The van der Waals surface area contributed by atoms with Gasteiger partial charge in [0.05, 0.1) is 12.2 Å². The molecule has 1 N–H and O–H groups in total. The highest BCUT2D eigenvalue weighted by molar-refractivity contribution is 7.80. The van der Waals surface area contributed by atoms with Crippen LogP contribution in [-0.2, 0) is 6.54 Å². The Morgan fingerprint density at radius 1 is 1.50 bits per heavy atom. The lowest BCUT2D eigenvalue weighted by molar-refractivity contribution is 0.393. The van der Waals surface area contributed by atoms with Gasteiger partial charge >= 0.3 is 0 Å². The lowest BCUT2D eigenvalue weighted by Crippen LogP contribution is -2.38. The Bertz CT molecular complexity index is 313. The van der Waals surface area contributed by atoms with E-state index in [9.17, 15) is 0 Å². The molecule has 0 radical (unpaired) electrons. The summed E-state index contributed by atoms with van der Waals surface area (Å²) in [6, 6.07) is 5.95. The zero-order valence-electron chi connectivity index (χ0n) is 9.94. The van der Waals surface area contributed by atoms with E-state index in [1.807, 2.05) is 31.4 Å². The monoisotopic (exact) mass is 237 g/mol. The molecule has 0 aromatic carbocycles. The molecular weight excluding hydrogens is 218 g/mol. The van der Waals surface area contributed by atoms with Crippen molar-refractivity contribution < 1.29 is 0 Å². The second kappa shape index (κ2) is 7.17. The van der Waals surface area contributed by atoms with E-state index < -0.39 is 0 Å². The van der Waals surface area contributed by atoms with Gasteiger partial charge in [0.15, 0.2) is 5.11 Å². The molecule has 0 spiro atoms. The predicted octanol–water partition coefficient (Wildman–Crippen LogP) is 2.19. The Labute approximate surface area is 103 Å². The molecular formula is C12H19N3S. The molecule has 1 heterocycles. The molecule has 0 saturated carbocycles. The SMILES string of the molecule is CCCCN(Cc1ccccn1)C(=S)NC. The Morgan fingerprint density at radius 3 is 2.88 bits per heavy atom. The zero-order chi connectivity index (χ0) is 11.8. The summed E-state index contributed by atoms with van der Waals surface area (Å²) < 4.78 is 0. The van der Waals surface area contributed by atoms with Crippen molar-refractivity contribution in [2.45, 2.75) is 26.3 Å². The molecule has 4 heteroatoms. The summed E-state index contributed by atoms with van der Waals surface area (Å²) in [6.45, 7) is 3.94. The smallest absolute Gasteiger partial charge is 0.169 e. The van der Waals surface area contributed by atoms with Crippen molar-refractivity contribution >= 4 is 17.3 Å². The summed E-state index contributed by atoms with van der Waals surface area (Å²) >= 11 is 5.28. The van der Waals surface area contributed by atoms with Crippen molar-refractivity contribution in [2.75, 3.05) is 13.6 Å². The van der Waals surface area contributed by atoms with Crippen molar-refractivity contribution in [3.05, 3.63) is 30.1 Å². The van der Waals surface area contributed by atoms with Crippen LogP contribution in [-0.4, -0.2) is 28.6 Å². The fourth-order valence-corrected chi connectivity index (χ4v) is 1.60. The summed E-state index contributed by atoms with van der Waals surface area (Å²) in [7, 11) is 1.86. The maximum atomic E-state index is 5.28. The van der Waals surface area contributed by atoms with Gasteiger partial charge in [0.25, 0.3) is 0 Å². The lowest BCUT2D eigenvalue weighted by Gasteiger charge is -2.24. The van der Waals surface area contributed by atoms with E-state index in [1.54, 1.807) is 0 Å². The molecule has 0 aliphatic heterocycles. The Kier molecular flexibility index (Phi) is 5.78. The number of aromatic nitrogens is 1. The van der Waals surface area contributed by atoms with Crippen LogP contribution in [0.1, 0.15) is 25.5 Å². The summed E-state index contributed by atoms with van der Waals surface area (Å²) in [5, 5.41) is 3.81. The first-order valence-electron chi connectivity index (χ1n) is 5.64. The average Bonchev–Trinajstić information content (AvgIpc) is 2.34. The van der Waals surface area contributed by atoms with E-state index in [4.69, 9.17) is 12.2 Å². The van der Waals surface area contributed by atoms with Gasteiger partial charge in [0, 0.05) is 19.8 Å². The van der Waals surface area contributed by atoms with Crippen molar-refractivity contribution in [3.63, 3.8) is 0 Å². The maximum Gasteiger partial charge on any atom is 0.169 e. The van der Waals surface area contributed by atoms with Crippen LogP contribution in [0.2, 0.25) is 0 Å². The number of pyridine rings is 1. The average molecular weight is 237 g/mol. The van der Waals surface area contributed by atoms with Crippen LogP contribution in [0.4, 0.5) is 0 Å². The van der Waals surface area contributed by atoms with Gasteiger partial charge in [-0.2, -0.15) is 0 Å². The Balaban J connectivity index is 2.59. The van der Waals surface area contributed by atoms with Crippen LogP contribution in [0.25, 0.3) is 0 Å². The van der Waals surface area contributed by atoms with E-state index in [1.165, 1.54) is 6.42 Å². The van der Waals surface area contributed by atoms with Crippen LogP contribution in [0, 0.1) is 0 Å². The summed E-state index contributed by atoms with van der Waals surface area (Å²) in [5.74, 6) is 0. The summed E-state index contributed by atoms with van der Waals surface area (Å²) in [6.07, 6.45) is 4.13. The second-order valence-corrected chi connectivity index (χ2v) is 4.04. The number of rotatable bonds is 5. The van der Waals surface area contributed by atoms with Crippen molar-refractivity contribution in [1.29, 1.82) is 0 Å². The fourth-order valence-electron chi connectivity index (χ4n) is 1.45. The van der Waals surface area contributed by atoms with Crippen LogP contribution < -0.4 is 5.32 Å². The lowest BCUT2D eigenvalue weighted by atomic mass is 10.3. The van der Waals surface area contributed by atoms with E-state index in [2.05, 4.69) is 22.1 Å². The van der Waals surface area contributed by atoms with E-state index >= 15 is 0 Å². The van der Waals surface area contributed by atoms with Gasteiger partial charge in [-0.15, -0.1) is 0 Å². The topological polar surface area (TPSA) is 28.2 Å². The molecule has 1 aromatic rings. The normalized spacial score (nSPS) is 9.88. The molecule has 16 heavy (non-hydrogen) atoms. The quantitative estimate of drug-likeness (QED) is 0.795. The largest absolute Gasteiger partial charge is 0.366 e. The Morgan fingerprint density at radius 2 is 2.31 bits per heavy atom. The molecule has 0 saturated heterocycles. The molecule has 3 nitrogen and oxygen atoms in total. The second-order valence-electron chi connectivity index (χ2n) is 3.65. The van der Waals surface area contributed by atoms with E-state index in [-0.39, 0.29) is 0 Å². The first kappa shape index (κ1) is 12.9. The fraction of sp³-hybridized carbons (Fsp3) is 0.500. The molecule has 0 bridgehead atoms. The van der Waals surface area contributed by atoms with E-state index in [0.29, 0.717) is 0 Å². The summed E-state index contributed by atoms with van der Waals surface area (Å²) in [5.41, 5.74) is 1.05. The molecule has 1 aromatic heterocycles.